The lowest BCUT2D eigenvalue weighted by molar-refractivity contribution is 0.563. The van der Waals surface area contributed by atoms with Crippen molar-refractivity contribution in [1.82, 2.24) is 0 Å². The third-order valence-corrected chi connectivity index (χ3v) is 5.05. The zero-order valence-electron chi connectivity index (χ0n) is 8.68. The number of sulfone groups is 1. The molecule has 2 rings (SSSR count). The minimum atomic E-state index is -3.12. The van der Waals surface area contributed by atoms with Gasteiger partial charge in [0.05, 0.1) is 10.1 Å². The van der Waals surface area contributed by atoms with Gasteiger partial charge in [0.25, 0.3) is 0 Å². The van der Waals surface area contributed by atoms with Gasteiger partial charge in [-0.1, -0.05) is 18.2 Å². The molecule has 0 aliphatic carbocycles. The highest BCUT2D eigenvalue weighted by Crippen LogP contribution is 2.32. The van der Waals surface area contributed by atoms with Crippen LogP contribution in [0.1, 0.15) is 18.9 Å². The van der Waals surface area contributed by atoms with Gasteiger partial charge in [0.15, 0.2) is 9.84 Å². The van der Waals surface area contributed by atoms with Gasteiger partial charge in [-0.3, -0.25) is 0 Å². The molecule has 82 valence electrons. The highest BCUT2D eigenvalue weighted by atomic mass is 32.2. The predicted molar refractivity (Wildman–Crippen MR) is 59.4 cm³/mol. The van der Waals surface area contributed by atoms with E-state index in [1.807, 2.05) is 19.1 Å². The molecule has 0 radical (unpaired) electrons. The van der Waals surface area contributed by atoms with Crippen molar-refractivity contribution in [3.8, 4) is 0 Å². The SMILES string of the molecule is CC(N)CC1Cc2ccccc2S1(=O)=O. The molecule has 3 nitrogen and oxygen atoms in total. The molecule has 0 amide bonds. The Kier molecular flexibility index (Phi) is 2.56. The summed E-state index contributed by atoms with van der Waals surface area (Å²) in [7, 11) is -3.12. The summed E-state index contributed by atoms with van der Waals surface area (Å²) >= 11 is 0. The summed E-state index contributed by atoms with van der Waals surface area (Å²) < 4.78 is 24.1. The molecule has 1 aliphatic heterocycles. The van der Waals surface area contributed by atoms with Crippen LogP contribution in [-0.4, -0.2) is 19.7 Å². The summed E-state index contributed by atoms with van der Waals surface area (Å²) in [6, 6.07) is 7.15. The van der Waals surface area contributed by atoms with Crippen LogP contribution in [0.15, 0.2) is 29.2 Å². The Morgan fingerprint density at radius 2 is 2.13 bits per heavy atom. The van der Waals surface area contributed by atoms with Crippen molar-refractivity contribution in [3.05, 3.63) is 29.8 Å². The minimum absolute atomic E-state index is 0.0703. The molecule has 0 fully saturated rings. The Morgan fingerprint density at radius 1 is 1.47 bits per heavy atom. The Bertz CT molecular complexity index is 465. The fourth-order valence-corrected chi connectivity index (χ4v) is 4.21. The third-order valence-electron chi connectivity index (χ3n) is 2.80. The van der Waals surface area contributed by atoms with Crippen LogP contribution in [0.4, 0.5) is 0 Å². The molecule has 2 atom stereocenters. The number of rotatable bonds is 2. The molecule has 1 aromatic rings. The Balaban J connectivity index is 2.39. The molecule has 0 spiro atoms. The highest BCUT2D eigenvalue weighted by Gasteiger charge is 2.36. The van der Waals surface area contributed by atoms with Crippen molar-refractivity contribution in [2.75, 3.05) is 0 Å². The summed E-state index contributed by atoms with van der Waals surface area (Å²) in [6.07, 6.45) is 1.15. The topological polar surface area (TPSA) is 60.2 Å². The van der Waals surface area contributed by atoms with E-state index in [0.29, 0.717) is 17.7 Å². The second kappa shape index (κ2) is 3.61. The summed E-state index contributed by atoms with van der Waals surface area (Å²) in [5.74, 6) is 0. The zero-order chi connectivity index (χ0) is 11.1. The molecule has 1 aliphatic rings. The fourth-order valence-electron chi connectivity index (χ4n) is 2.11. The van der Waals surface area contributed by atoms with Crippen LogP contribution < -0.4 is 5.73 Å². The van der Waals surface area contributed by atoms with E-state index in [4.69, 9.17) is 5.73 Å². The van der Waals surface area contributed by atoms with Gasteiger partial charge in [-0.25, -0.2) is 8.42 Å². The van der Waals surface area contributed by atoms with Gasteiger partial charge in [-0.2, -0.15) is 0 Å². The van der Waals surface area contributed by atoms with Gasteiger partial charge in [-0.05, 0) is 31.4 Å². The molecule has 1 heterocycles. The van der Waals surface area contributed by atoms with Gasteiger partial charge < -0.3 is 5.73 Å². The lowest BCUT2D eigenvalue weighted by Crippen LogP contribution is -2.27. The molecular weight excluding hydrogens is 210 g/mol. The second-order valence-electron chi connectivity index (χ2n) is 4.19. The molecule has 0 saturated carbocycles. The highest BCUT2D eigenvalue weighted by molar-refractivity contribution is 7.92. The maximum Gasteiger partial charge on any atom is 0.181 e. The first-order valence-electron chi connectivity index (χ1n) is 5.09. The van der Waals surface area contributed by atoms with E-state index in [-0.39, 0.29) is 11.3 Å². The number of hydrogen-bond donors (Lipinski definition) is 1. The van der Waals surface area contributed by atoms with Crippen molar-refractivity contribution < 1.29 is 8.42 Å². The molecule has 0 bridgehead atoms. The monoisotopic (exact) mass is 225 g/mol. The van der Waals surface area contributed by atoms with E-state index in [9.17, 15) is 8.42 Å². The third kappa shape index (κ3) is 1.79. The largest absolute Gasteiger partial charge is 0.328 e. The van der Waals surface area contributed by atoms with E-state index < -0.39 is 9.84 Å². The number of fused-ring (bicyclic) bond motifs is 1. The van der Waals surface area contributed by atoms with Gasteiger partial charge >= 0.3 is 0 Å². The Labute approximate surface area is 90.2 Å². The van der Waals surface area contributed by atoms with Gasteiger partial charge in [0.2, 0.25) is 0 Å². The van der Waals surface area contributed by atoms with Crippen LogP contribution >= 0.6 is 0 Å². The van der Waals surface area contributed by atoms with Crippen LogP contribution in [0.2, 0.25) is 0 Å². The first-order valence-corrected chi connectivity index (χ1v) is 6.64. The summed E-state index contributed by atoms with van der Waals surface area (Å²) in [6.45, 7) is 1.85. The average Bonchev–Trinajstić information content (AvgIpc) is 2.39. The lowest BCUT2D eigenvalue weighted by Gasteiger charge is -2.11. The molecular formula is C11H15NO2S. The van der Waals surface area contributed by atoms with Crippen molar-refractivity contribution >= 4 is 9.84 Å². The molecule has 1 aromatic carbocycles. The predicted octanol–water partition coefficient (Wildman–Crippen LogP) is 1.12. The van der Waals surface area contributed by atoms with Crippen LogP contribution in [0.25, 0.3) is 0 Å². The van der Waals surface area contributed by atoms with Crippen molar-refractivity contribution in [3.63, 3.8) is 0 Å². The van der Waals surface area contributed by atoms with Gasteiger partial charge in [0, 0.05) is 6.04 Å². The molecule has 2 N–H and O–H groups in total. The van der Waals surface area contributed by atoms with Crippen LogP contribution in [0.3, 0.4) is 0 Å². The number of hydrogen-bond acceptors (Lipinski definition) is 3. The molecule has 4 heteroatoms. The van der Waals surface area contributed by atoms with Gasteiger partial charge in [-0.15, -0.1) is 0 Å². The Hall–Kier alpha value is -0.870. The number of benzene rings is 1. The maximum absolute atomic E-state index is 12.1. The lowest BCUT2D eigenvalue weighted by atomic mass is 10.1. The van der Waals surface area contributed by atoms with E-state index in [1.54, 1.807) is 12.1 Å². The smallest absolute Gasteiger partial charge is 0.181 e. The maximum atomic E-state index is 12.1. The van der Waals surface area contributed by atoms with E-state index in [1.165, 1.54) is 0 Å². The molecule has 0 saturated heterocycles. The van der Waals surface area contributed by atoms with E-state index in [0.717, 1.165) is 5.56 Å². The molecule has 2 unspecified atom stereocenters. The van der Waals surface area contributed by atoms with Crippen molar-refractivity contribution in [2.45, 2.75) is 36.0 Å². The van der Waals surface area contributed by atoms with Crippen molar-refractivity contribution in [1.29, 1.82) is 0 Å². The first-order chi connectivity index (χ1) is 7.01. The van der Waals surface area contributed by atoms with E-state index >= 15 is 0 Å². The molecule has 15 heavy (non-hydrogen) atoms. The first kappa shape index (κ1) is 10.6. The summed E-state index contributed by atoms with van der Waals surface area (Å²) in [5, 5.41) is -0.324. The van der Waals surface area contributed by atoms with Crippen LogP contribution in [-0.2, 0) is 16.3 Å². The second-order valence-corrected chi connectivity index (χ2v) is 6.39. The Morgan fingerprint density at radius 3 is 2.73 bits per heavy atom. The summed E-state index contributed by atoms with van der Waals surface area (Å²) in [5.41, 5.74) is 6.60. The van der Waals surface area contributed by atoms with Gasteiger partial charge in [0.1, 0.15) is 0 Å². The fraction of sp³-hybridized carbons (Fsp3) is 0.455. The summed E-state index contributed by atoms with van der Waals surface area (Å²) in [4.78, 5) is 0.496. The zero-order valence-corrected chi connectivity index (χ0v) is 9.50. The van der Waals surface area contributed by atoms with Crippen LogP contribution in [0.5, 0.6) is 0 Å². The standard InChI is InChI=1S/C11H15NO2S/c1-8(12)6-10-7-9-4-2-3-5-11(9)15(10,13)14/h2-5,8,10H,6-7,12H2,1H3. The van der Waals surface area contributed by atoms with E-state index in [2.05, 4.69) is 0 Å². The van der Waals surface area contributed by atoms with Crippen LogP contribution in [0, 0.1) is 0 Å². The number of nitrogens with two attached hydrogens (primary N) is 1. The molecule has 0 aromatic heterocycles. The van der Waals surface area contributed by atoms with Crippen molar-refractivity contribution in [2.24, 2.45) is 5.73 Å². The normalized spacial score (nSPS) is 24.8. The minimum Gasteiger partial charge on any atom is -0.328 e. The quantitative estimate of drug-likeness (QED) is 0.820. The average molecular weight is 225 g/mol.